The Morgan fingerprint density at radius 1 is 1.67 bits per heavy atom. The van der Waals surface area contributed by atoms with Crippen LogP contribution in [-0.4, -0.2) is 28.0 Å². The number of carboxylic acids is 1. The SMILES string of the molecule is CCc1ncc(C(=O)N[C@@H](C)C(=O)O)s1. The fraction of sp³-hybridized carbons (Fsp3) is 0.444. The van der Waals surface area contributed by atoms with Crippen molar-refractivity contribution in [3.8, 4) is 0 Å². The van der Waals surface area contributed by atoms with Gasteiger partial charge >= 0.3 is 5.97 Å². The van der Waals surface area contributed by atoms with Gasteiger partial charge in [0.2, 0.25) is 0 Å². The molecule has 0 aliphatic rings. The molecule has 0 spiro atoms. The number of nitrogens with zero attached hydrogens (tertiary/aromatic N) is 1. The molecular weight excluding hydrogens is 216 g/mol. The highest BCUT2D eigenvalue weighted by molar-refractivity contribution is 7.13. The Hall–Kier alpha value is -1.43. The van der Waals surface area contributed by atoms with Crippen LogP contribution < -0.4 is 5.32 Å². The molecule has 82 valence electrons. The van der Waals surface area contributed by atoms with Crippen LogP contribution >= 0.6 is 11.3 Å². The molecule has 1 amide bonds. The van der Waals surface area contributed by atoms with E-state index in [4.69, 9.17) is 5.11 Å². The molecule has 1 heterocycles. The van der Waals surface area contributed by atoms with E-state index >= 15 is 0 Å². The van der Waals surface area contributed by atoms with E-state index in [1.807, 2.05) is 6.92 Å². The lowest BCUT2D eigenvalue weighted by Crippen LogP contribution is -2.37. The monoisotopic (exact) mass is 228 g/mol. The second kappa shape index (κ2) is 4.88. The first-order chi connectivity index (χ1) is 7.04. The number of carbonyl (C=O) groups is 2. The molecule has 1 rings (SSSR count). The summed E-state index contributed by atoms with van der Waals surface area (Å²) in [6.45, 7) is 3.36. The number of amides is 1. The molecule has 1 aromatic heterocycles. The van der Waals surface area contributed by atoms with E-state index in [1.165, 1.54) is 24.5 Å². The number of thiazole rings is 1. The number of aromatic nitrogens is 1. The lowest BCUT2D eigenvalue weighted by Gasteiger charge is -2.06. The summed E-state index contributed by atoms with van der Waals surface area (Å²) in [6, 6.07) is -0.885. The van der Waals surface area contributed by atoms with E-state index in [9.17, 15) is 9.59 Å². The molecule has 6 heteroatoms. The maximum absolute atomic E-state index is 11.5. The average Bonchev–Trinajstić information content (AvgIpc) is 2.65. The van der Waals surface area contributed by atoms with Crippen molar-refractivity contribution in [2.45, 2.75) is 26.3 Å². The summed E-state index contributed by atoms with van der Waals surface area (Å²) in [4.78, 5) is 26.4. The molecule has 0 bridgehead atoms. The molecule has 2 N–H and O–H groups in total. The Labute approximate surface area is 91.1 Å². The van der Waals surface area contributed by atoms with Gasteiger partial charge in [0, 0.05) is 0 Å². The highest BCUT2D eigenvalue weighted by atomic mass is 32.1. The zero-order chi connectivity index (χ0) is 11.4. The standard InChI is InChI=1S/C9H12N2O3S/c1-3-7-10-4-6(15-7)8(12)11-5(2)9(13)14/h4-5H,3H2,1-2H3,(H,11,12)(H,13,14)/t5-/m0/s1. The van der Waals surface area contributed by atoms with Crippen molar-refractivity contribution >= 4 is 23.2 Å². The average molecular weight is 228 g/mol. The predicted molar refractivity (Wildman–Crippen MR) is 56.1 cm³/mol. The van der Waals surface area contributed by atoms with Crippen LogP contribution in [0.1, 0.15) is 28.5 Å². The van der Waals surface area contributed by atoms with E-state index in [-0.39, 0.29) is 5.91 Å². The van der Waals surface area contributed by atoms with E-state index in [2.05, 4.69) is 10.3 Å². The molecular formula is C9H12N2O3S. The summed E-state index contributed by atoms with van der Waals surface area (Å²) in [7, 11) is 0. The number of carbonyl (C=O) groups excluding carboxylic acids is 1. The summed E-state index contributed by atoms with van der Waals surface area (Å²) >= 11 is 1.28. The molecule has 1 aromatic rings. The summed E-state index contributed by atoms with van der Waals surface area (Å²) in [5, 5.41) is 11.8. The third-order valence-corrected chi connectivity index (χ3v) is 2.94. The number of aryl methyl sites for hydroxylation is 1. The summed E-state index contributed by atoms with van der Waals surface area (Å²) in [5.74, 6) is -1.44. The van der Waals surface area contributed by atoms with Gasteiger partial charge in [-0.3, -0.25) is 9.59 Å². The molecule has 0 radical (unpaired) electrons. The van der Waals surface area contributed by atoms with Gasteiger partial charge in [0.1, 0.15) is 10.9 Å². The van der Waals surface area contributed by atoms with Crippen LogP contribution in [0.5, 0.6) is 0 Å². The molecule has 15 heavy (non-hydrogen) atoms. The first-order valence-corrected chi connectivity index (χ1v) is 5.34. The second-order valence-electron chi connectivity index (χ2n) is 3.01. The van der Waals surface area contributed by atoms with Crippen molar-refractivity contribution in [3.63, 3.8) is 0 Å². The minimum Gasteiger partial charge on any atom is -0.480 e. The van der Waals surface area contributed by atoms with E-state index in [0.717, 1.165) is 11.4 Å². The van der Waals surface area contributed by atoms with Gasteiger partial charge in [-0.1, -0.05) is 6.92 Å². The van der Waals surface area contributed by atoms with E-state index in [1.54, 1.807) is 0 Å². The van der Waals surface area contributed by atoms with Gasteiger partial charge < -0.3 is 10.4 Å². The third-order valence-electron chi connectivity index (χ3n) is 1.80. The highest BCUT2D eigenvalue weighted by Crippen LogP contribution is 2.13. The molecule has 0 aromatic carbocycles. The smallest absolute Gasteiger partial charge is 0.325 e. The largest absolute Gasteiger partial charge is 0.480 e. The van der Waals surface area contributed by atoms with Crippen molar-refractivity contribution in [1.82, 2.24) is 10.3 Å². The first-order valence-electron chi connectivity index (χ1n) is 4.53. The predicted octanol–water partition coefficient (Wildman–Crippen LogP) is 0.908. The number of hydrogen-bond donors (Lipinski definition) is 2. The summed E-state index contributed by atoms with van der Waals surface area (Å²) < 4.78 is 0. The number of carboxylic acid groups (broad SMARTS) is 1. The minimum absolute atomic E-state index is 0.387. The highest BCUT2D eigenvalue weighted by Gasteiger charge is 2.16. The molecule has 1 atom stereocenters. The second-order valence-corrected chi connectivity index (χ2v) is 4.12. The Balaban J connectivity index is 2.65. The Kier molecular flexibility index (Phi) is 3.79. The van der Waals surface area contributed by atoms with Crippen LogP contribution in [0, 0.1) is 0 Å². The van der Waals surface area contributed by atoms with Gasteiger partial charge in [0.25, 0.3) is 5.91 Å². The van der Waals surface area contributed by atoms with Crippen molar-refractivity contribution in [2.24, 2.45) is 0 Å². The summed E-state index contributed by atoms with van der Waals surface area (Å²) in [5.41, 5.74) is 0. The summed E-state index contributed by atoms with van der Waals surface area (Å²) in [6.07, 6.45) is 2.24. The van der Waals surface area contributed by atoms with Crippen LogP contribution in [0.2, 0.25) is 0 Å². The van der Waals surface area contributed by atoms with Crippen LogP contribution in [0.15, 0.2) is 6.20 Å². The lowest BCUT2D eigenvalue weighted by molar-refractivity contribution is -0.138. The number of nitrogens with one attached hydrogen (secondary N) is 1. The molecule has 0 aliphatic heterocycles. The molecule has 0 saturated heterocycles. The topological polar surface area (TPSA) is 79.3 Å². The van der Waals surface area contributed by atoms with Crippen LogP contribution in [0.25, 0.3) is 0 Å². The Morgan fingerprint density at radius 3 is 2.80 bits per heavy atom. The molecule has 0 unspecified atom stereocenters. The molecule has 0 aliphatic carbocycles. The van der Waals surface area contributed by atoms with Crippen molar-refractivity contribution in [2.75, 3.05) is 0 Å². The normalized spacial score (nSPS) is 12.1. The fourth-order valence-corrected chi connectivity index (χ4v) is 1.67. The third kappa shape index (κ3) is 3.02. The molecule has 0 fully saturated rings. The van der Waals surface area contributed by atoms with Gasteiger partial charge in [-0.2, -0.15) is 0 Å². The van der Waals surface area contributed by atoms with Crippen molar-refractivity contribution in [3.05, 3.63) is 16.1 Å². The first kappa shape index (κ1) is 11.6. The van der Waals surface area contributed by atoms with Gasteiger partial charge in [-0.25, -0.2) is 4.98 Å². The number of hydrogen-bond acceptors (Lipinski definition) is 4. The maximum atomic E-state index is 11.5. The van der Waals surface area contributed by atoms with Gasteiger partial charge in [0.15, 0.2) is 0 Å². The number of aliphatic carboxylic acids is 1. The van der Waals surface area contributed by atoms with Crippen LogP contribution in [0.4, 0.5) is 0 Å². The lowest BCUT2D eigenvalue weighted by atomic mass is 10.3. The van der Waals surface area contributed by atoms with Gasteiger partial charge in [-0.05, 0) is 13.3 Å². The zero-order valence-corrected chi connectivity index (χ0v) is 9.30. The van der Waals surface area contributed by atoms with Crippen LogP contribution in [-0.2, 0) is 11.2 Å². The fourth-order valence-electron chi connectivity index (χ4n) is 0.908. The van der Waals surface area contributed by atoms with Crippen molar-refractivity contribution < 1.29 is 14.7 Å². The quantitative estimate of drug-likeness (QED) is 0.802. The maximum Gasteiger partial charge on any atom is 0.325 e. The van der Waals surface area contributed by atoms with Gasteiger partial charge in [0.05, 0.1) is 11.2 Å². The van der Waals surface area contributed by atoms with Crippen molar-refractivity contribution in [1.29, 1.82) is 0 Å². The minimum atomic E-state index is -1.05. The Morgan fingerprint density at radius 2 is 2.33 bits per heavy atom. The Bertz CT molecular complexity index is 375. The zero-order valence-electron chi connectivity index (χ0n) is 8.48. The number of rotatable bonds is 4. The van der Waals surface area contributed by atoms with E-state index in [0.29, 0.717) is 4.88 Å². The van der Waals surface area contributed by atoms with Crippen LogP contribution in [0.3, 0.4) is 0 Å². The molecule has 5 nitrogen and oxygen atoms in total. The molecule has 0 saturated carbocycles. The van der Waals surface area contributed by atoms with Gasteiger partial charge in [-0.15, -0.1) is 11.3 Å². The van der Waals surface area contributed by atoms with E-state index < -0.39 is 12.0 Å².